The largest absolute Gasteiger partial charge is 0.447 e. The number of alkyl carbamates (subject to hydrolysis) is 1. The SMILES string of the molecule is O=C(CNCc1cccc(F)c1Cl)N[C@@H](CCC(NC(=O)OCc1ccccc1)C(F)F)COC(=O)Nc1cc2cc(F)ccc2cn1. The zero-order valence-corrected chi connectivity index (χ0v) is 26.1. The van der Waals surface area contributed by atoms with Gasteiger partial charge in [-0.1, -0.05) is 54.1 Å². The van der Waals surface area contributed by atoms with Crippen molar-refractivity contribution in [1.29, 1.82) is 0 Å². The van der Waals surface area contributed by atoms with Crippen molar-refractivity contribution in [2.75, 3.05) is 18.5 Å². The van der Waals surface area contributed by atoms with Gasteiger partial charge in [-0.05, 0) is 59.7 Å². The number of amides is 3. The Labute approximate surface area is 278 Å². The first-order chi connectivity index (χ1) is 23.1. The molecule has 4 aromatic rings. The molecule has 4 rings (SSSR count). The van der Waals surface area contributed by atoms with Crippen molar-refractivity contribution in [3.8, 4) is 0 Å². The van der Waals surface area contributed by atoms with Gasteiger partial charge in [-0.3, -0.25) is 10.1 Å². The van der Waals surface area contributed by atoms with Gasteiger partial charge in [-0.25, -0.2) is 32.1 Å². The first kappa shape index (κ1) is 35.9. The van der Waals surface area contributed by atoms with Crippen LogP contribution in [0.3, 0.4) is 0 Å². The van der Waals surface area contributed by atoms with Crippen LogP contribution in [0.1, 0.15) is 24.0 Å². The summed E-state index contributed by atoms with van der Waals surface area (Å²) < 4.78 is 65.4. The normalized spacial score (nSPS) is 12.3. The molecule has 10 nitrogen and oxygen atoms in total. The monoisotopic (exact) mass is 689 g/mol. The van der Waals surface area contributed by atoms with Gasteiger partial charge in [0.15, 0.2) is 0 Å². The number of ether oxygens (including phenoxy) is 2. The Hall–Kier alpha value is -4.95. The number of fused-ring (bicyclic) bond motifs is 1. The number of nitrogens with zero attached hydrogens (tertiary/aromatic N) is 1. The number of carbonyl (C=O) groups excluding carboxylic acids is 3. The molecule has 0 saturated carbocycles. The zero-order valence-electron chi connectivity index (χ0n) is 25.4. The summed E-state index contributed by atoms with van der Waals surface area (Å²) in [6.07, 6.45) is -4.03. The third-order valence-electron chi connectivity index (χ3n) is 6.97. The highest BCUT2D eigenvalue weighted by molar-refractivity contribution is 6.31. The van der Waals surface area contributed by atoms with Crippen LogP contribution in [0.5, 0.6) is 0 Å². The molecule has 0 radical (unpaired) electrons. The maximum atomic E-state index is 13.9. The Kier molecular flexibility index (Phi) is 13.3. The van der Waals surface area contributed by atoms with Gasteiger partial charge in [0.1, 0.15) is 30.7 Å². The third kappa shape index (κ3) is 11.4. The number of hydrogen-bond acceptors (Lipinski definition) is 7. The van der Waals surface area contributed by atoms with Crippen LogP contribution in [0, 0.1) is 11.6 Å². The Balaban J connectivity index is 1.34. The molecular weight excluding hydrogens is 658 g/mol. The summed E-state index contributed by atoms with van der Waals surface area (Å²) in [6.45, 7) is -0.781. The number of pyridine rings is 1. The van der Waals surface area contributed by atoms with Crippen molar-refractivity contribution in [2.24, 2.45) is 0 Å². The molecule has 254 valence electrons. The number of anilines is 1. The van der Waals surface area contributed by atoms with Crippen LogP contribution in [0.15, 0.2) is 79.0 Å². The number of aromatic nitrogens is 1. The summed E-state index contributed by atoms with van der Waals surface area (Å²) in [6, 6.07) is 15.8. The van der Waals surface area contributed by atoms with Gasteiger partial charge in [0.05, 0.1) is 23.7 Å². The second kappa shape index (κ2) is 17.8. The molecule has 2 atom stereocenters. The molecule has 15 heteroatoms. The molecule has 0 spiro atoms. The number of rotatable bonds is 15. The lowest BCUT2D eigenvalue weighted by molar-refractivity contribution is -0.121. The standard InChI is InChI=1S/C33H32ClF4N5O5/c34-30-22(7-4-8-26(30)36)15-39-17-29(44)41-25(11-12-27(31(37)38)42-32(45)47-18-20-5-2-1-3-6-20)19-48-33(46)43-28-14-23-13-24(35)10-9-21(23)16-40-28/h1-10,13-14,16,25,27,31,39H,11-12,15,17-19H2,(H,41,44)(H,42,45)(H,40,43,46)/t25-,27?/m0/s1. The van der Waals surface area contributed by atoms with Gasteiger partial charge in [0.25, 0.3) is 6.43 Å². The lowest BCUT2D eigenvalue weighted by atomic mass is 10.1. The minimum absolute atomic E-state index is 0.0543. The fourth-order valence-electron chi connectivity index (χ4n) is 4.53. The summed E-state index contributed by atoms with van der Waals surface area (Å²) in [5.74, 6) is -1.61. The first-order valence-electron chi connectivity index (χ1n) is 14.7. The topological polar surface area (TPSA) is 131 Å². The molecule has 4 N–H and O–H groups in total. The van der Waals surface area contributed by atoms with Crippen molar-refractivity contribution in [2.45, 2.75) is 44.5 Å². The molecule has 0 aliphatic rings. The number of nitrogens with one attached hydrogen (secondary N) is 4. The van der Waals surface area contributed by atoms with Crippen LogP contribution >= 0.6 is 11.6 Å². The molecule has 0 bridgehead atoms. The smallest absolute Gasteiger partial charge is 0.412 e. The number of benzene rings is 3. The van der Waals surface area contributed by atoms with E-state index in [0.717, 1.165) is 0 Å². The molecule has 1 unspecified atom stereocenters. The molecule has 3 amide bonds. The van der Waals surface area contributed by atoms with E-state index in [1.165, 1.54) is 42.6 Å². The quantitative estimate of drug-likeness (QED) is 0.107. The van der Waals surface area contributed by atoms with Crippen molar-refractivity contribution in [1.82, 2.24) is 20.9 Å². The van der Waals surface area contributed by atoms with Crippen molar-refractivity contribution in [3.05, 3.63) is 107 Å². The van der Waals surface area contributed by atoms with Gasteiger partial charge < -0.3 is 25.4 Å². The molecule has 0 saturated heterocycles. The van der Waals surface area contributed by atoms with Gasteiger partial charge in [-0.2, -0.15) is 0 Å². The molecular formula is C33H32ClF4N5O5. The van der Waals surface area contributed by atoms with Gasteiger partial charge in [0.2, 0.25) is 5.91 Å². The van der Waals surface area contributed by atoms with E-state index >= 15 is 0 Å². The molecule has 1 aromatic heterocycles. The van der Waals surface area contributed by atoms with Crippen molar-refractivity contribution < 1.29 is 41.4 Å². The summed E-state index contributed by atoms with van der Waals surface area (Å²) in [5, 5.41) is 11.0. The van der Waals surface area contributed by atoms with Crippen molar-refractivity contribution in [3.63, 3.8) is 0 Å². The summed E-state index contributed by atoms with van der Waals surface area (Å²) in [7, 11) is 0. The van der Waals surface area contributed by atoms with Gasteiger partial charge in [-0.15, -0.1) is 0 Å². The maximum absolute atomic E-state index is 13.9. The van der Waals surface area contributed by atoms with E-state index in [4.69, 9.17) is 21.1 Å². The Morgan fingerprint density at radius 3 is 2.42 bits per heavy atom. The number of carbonyl (C=O) groups is 3. The first-order valence-corrected chi connectivity index (χ1v) is 15.1. The highest BCUT2D eigenvalue weighted by Gasteiger charge is 2.26. The second-order valence-electron chi connectivity index (χ2n) is 10.6. The van der Waals surface area contributed by atoms with Crippen LogP contribution in [-0.4, -0.2) is 54.7 Å². The van der Waals surface area contributed by atoms with E-state index in [9.17, 15) is 31.9 Å². The number of halogens is 5. The predicted octanol–water partition coefficient (Wildman–Crippen LogP) is 6.33. The molecule has 0 fully saturated rings. The molecule has 0 aliphatic heterocycles. The van der Waals surface area contributed by atoms with Crippen LogP contribution < -0.4 is 21.3 Å². The second-order valence-corrected chi connectivity index (χ2v) is 11.0. The van der Waals surface area contributed by atoms with Crippen LogP contribution in [0.4, 0.5) is 33.0 Å². The molecule has 0 aliphatic carbocycles. The average molecular weight is 690 g/mol. The fraction of sp³-hybridized carbons (Fsp3) is 0.273. The third-order valence-corrected chi connectivity index (χ3v) is 7.40. The fourth-order valence-corrected chi connectivity index (χ4v) is 4.72. The van der Waals surface area contributed by atoms with Crippen LogP contribution in [0.25, 0.3) is 10.8 Å². The average Bonchev–Trinajstić information content (AvgIpc) is 3.06. The Morgan fingerprint density at radius 2 is 1.65 bits per heavy atom. The highest BCUT2D eigenvalue weighted by Crippen LogP contribution is 2.20. The molecule has 3 aromatic carbocycles. The van der Waals surface area contributed by atoms with E-state index in [1.54, 1.807) is 36.4 Å². The molecule has 1 heterocycles. The Bertz CT molecular complexity index is 1700. The van der Waals surface area contributed by atoms with E-state index in [-0.39, 0.29) is 43.4 Å². The summed E-state index contributed by atoms with van der Waals surface area (Å²) >= 11 is 5.95. The molecule has 48 heavy (non-hydrogen) atoms. The number of alkyl halides is 2. The van der Waals surface area contributed by atoms with E-state index in [1.807, 2.05) is 0 Å². The van der Waals surface area contributed by atoms with E-state index in [2.05, 4.69) is 26.3 Å². The van der Waals surface area contributed by atoms with E-state index in [0.29, 0.717) is 21.9 Å². The van der Waals surface area contributed by atoms with Gasteiger partial charge >= 0.3 is 12.2 Å². The number of hydrogen-bond donors (Lipinski definition) is 4. The maximum Gasteiger partial charge on any atom is 0.412 e. The minimum atomic E-state index is -2.98. The van der Waals surface area contributed by atoms with Crippen LogP contribution in [-0.2, 0) is 27.4 Å². The lowest BCUT2D eigenvalue weighted by Gasteiger charge is -2.23. The lowest BCUT2D eigenvalue weighted by Crippen LogP contribution is -2.45. The van der Waals surface area contributed by atoms with E-state index < -0.39 is 54.8 Å². The summed E-state index contributed by atoms with van der Waals surface area (Å²) in [4.78, 5) is 41.6. The zero-order chi connectivity index (χ0) is 34.5. The highest BCUT2D eigenvalue weighted by atomic mass is 35.5. The summed E-state index contributed by atoms with van der Waals surface area (Å²) in [5.41, 5.74) is 1.08. The minimum Gasteiger partial charge on any atom is -0.447 e. The van der Waals surface area contributed by atoms with Gasteiger partial charge in [0, 0.05) is 18.1 Å². The van der Waals surface area contributed by atoms with Crippen LogP contribution in [0.2, 0.25) is 5.02 Å². The predicted molar refractivity (Wildman–Crippen MR) is 171 cm³/mol. The van der Waals surface area contributed by atoms with Crippen molar-refractivity contribution >= 4 is 46.3 Å². The Morgan fingerprint density at radius 1 is 0.854 bits per heavy atom.